The first-order valence-corrected chi connectivity index (χ1v) is 7.46. The Bertz CT molecular complexity index is 1010. The van der Waals surface area contributed by atoms with E-state index in [0.717, 1.165) is 12.4 Å². The first-order chi connectivity index (χ1) is 13.0. The average molecular weight is 373 g/mol. The van der Waals surface area contributed by atoms with Crippen LogP contribution in [0.5, 0.6) is 0 Å². The minimum atomic E-state index is -0.831. The molecule has 11 nitrogen and oxygen atoms in total. The Morgan fingerprint density at radius 1 is 1.26 bits per heavy atom. The first-order valence-electron chi connectivity index (χ1n) is 7.46. The van der Waals surface area contributed by atoms with Crippen molar-refractivity contribution >= 4 is 29.0 Å². The summed E-state index contributed by atoms with van der Waals surface area (Å²) in [5, 5.41) is 17.7. The van der Waals surface area contributed by atoms with Crippen molar-refractivity contribution in [3.05, 3.63) is 63.9 Å². The van der Waals surface area contributed by atoms with Crippen molar-refractivity contribution in [3.8, 4) is 0 Å². The highest BCUT2D eigenvalue weighted by molar-refractivity contribution is 5.95. The van der Waals surface area contributed by atoms with Gasteiger partial charge in [0.05, 0.1) is 10.5 Å². The number of hydrogen-bond donors (Lipinski definition) is 3. The fourth-order valence-electron chi connectivity index (χ4n) is 2.11. The molecular weight excluding hydrogens is 361 g/mol. The van der Waals surface area contributed by atoms with Gasteiger partial charge in [-0.1, -0.05) is 17.3 Å². The molecule has 1 amide bonds. The Morgan fingerprint density at radius 2 is 2.00 bits per heavy atom. The molecule has 0 aliphatic carbocycles. The lowest BCUT2D eigenvalue weighted by molar-refractivity contribution is -0.383. The lowest BCUT2D eigenvalue weighted by Gasteiger charge is -2.10. The van der Waals surface area contributed by atoms with Gasteiger partial charge in [0.2, 0.25) is 11.6 Å². The fraction of sp³-hybridized carbons (Fsp3) is 0.0667. The van der Waals surface area contributed by atoms with E-state index in [1.807, 2.05) is 0 Å². The number of hydrogen-bond acceptors (Lipinski definition) is 9. The zero-order valence-corrected chi connectivity index (χ0v) is 13.8. The summed E-state index contributed by atoms with van der Waals surface area (Å²) >= 11 is 0. The Balaban J connectivity index is 1.83. The van der Waals surface area contributed by atoms with Crippen LogP contribution in [-0.4, -0.2) is 26.0 Å². The SMILES string of the molecule is Cc1cc(Nc2ncnc(NNC(=O)c3ccccc3F)c2[N+](=O)[O-])no1. The molecule has 3 aromatic rings. The van der Waals surface area contributed by atoms with E-state index in [1.165, 1.54) is 24.3 Å². The zero-order valence-electron chi connectivity index (χ0n) is 13.8. The minimum Gasteiger partial charge on any atom is -0.360 e. The molecule has 0 unspecified atom stereocenters. The van der Waals surface area contributed by atoms with Crippen LogP contribution >= 0.6 is 0 Å². The van der Waals surface area contributed by atoms with Crippen molar-refractivity contribution in [2.45, 2.75) is 6.92 Å². The summed E-state index contributed by atoms with van der Waals surface area (Å²) in [6.45, 7) is 1.65. The number of nitrogens with zero attached hydrogens (tertiary/aromatic N) is 4. The molecule has 0 saturated carbocycles. The van der Waals surface area contributed by atoms with Crippen LogP contribution in [0.15, 0.2) is 41.2 Å². The molecule has 2 heterocycles. The highest BCUT2D eigenvalue weighted by Crippen LogP contribution is 2.30. The maximum absolute atomic E-state index is 13.6. The molecule has 0 spiro atoms. The molecule has 0 saturated heterocycles. The Morgan fingerprint density at radius 3 is 2.67 bits per heavy atom. The molecule has 12 heteroatoms. The van der Waals surface area contributed by atoms with Gasteiger partial charge in [-0.3, -0.25) is 25.8 Å². The van der Waals surface area contributed by atoms with Crippen LogP contribution < -0.4 is 16.2 Å². The van der Waals surface area contributed by atoms with Gasteiger partial charge in [0, 0.05) is 6.07 Å². The molecule has 138 valence electrons. The van der Waals surface area contributed by atoms with Crippen molar-refractivity contribution in [2.75, 3.05) is 10.7 Å². The van der Waals surface area contributed by atoms with Gasteiger partial charge in [0.1, 0.15) is 17.9 Å². The molecule has 3 rings (SSSR count). The molecule has 2 aromatic heterocycles. The maximum atomic E-state index is 13.6. The predicted molar refractivity (Wildman–Crippen MR) is 90.7 cm³/mol. The van der Waals surface area contributed by atoms with E-state index in [-0.39, 0.29) is 23.0 Å². The largest absolute Gasteiger partial charge is 0.360 e. The standard InChI is InChI=1S/C15H12FN7O4/c1-8-6-11(22-27-8)19-13-12(23(25)26)14(18-7-17-13)20-21-15(24)9-4-2-3-5-10(9)16/h2-7H,1H3,(H,21,24)(H2,17,18,19,20,22). The third-order valence-electron chi connectivity index (χ3n) is 3.29. The monoisotopic (exact) mass is 373 g/mol. The number of hydrazine groups is 1. The van der Waals surface area contributed by atoms with Crippen LogP contribution in [0.1, 0.15) is 16.1 Å². The maximum Gasteiger partial charge on any atom is 0.355 e. The third-order valence-corrected chi connectivity index (χ3v) is 3.29. The molecule has 0 aliphatic rings. The number of nitro groups is 1. The van der Waals surface area contributed by atoms with E-state index >= 15 is 0 Å². The number of rotatable bonds is 6. The smallest absolute Gasteiger partial charge is 0.355 e. The van der Waals surface area contributed by atoms with Crippen molar-refractivity contribution < 1.29 is 18.6 Å². The number of amides is 1. The van der Waals surface area contributed by atoms with Gasteiger partial charge in [-0.2, -0.15) is 0 Å². The van der Waals surface area contributed by atoms with Crippen LogP contribution in [-0.2, 0) is 0 Å². The van der Waals surface area contributed by atoms with Gasteiger partial charge in [0.15, 0.2) is 5.82 Å². The van der Waals surface area contributed by atoms with Gasteiger partial charge >= 0.3 is 5.69 Å². The molecule has 0 fully saturated rings. The van der Waals surface area contributed by atoms with Gasteiger partial charge in [0.25, 0.3) is 5.91 Å². The van der Waals surface area contributed by atoms with E-state index in [4.69, 9.17) is 4.52 Å². The molecule has 0 aliphatic heterocycles. The van der Waals surface area contributed by atoms with Crippen LogP contribution in [0.3, 0.4) is 0 Å². The quantitative estimate of drug-likeness (QED) is 0.437. The summed E-state index contributed by atoms with van der Waals surface area (Å²) in [5.74, 6) is -1.35. The van der Waals surface area contributed by atoms with Crippen LogP contribution in [0, 0.1) is 22.9 Å². The number of nitrogens with one attached hydrogen (secondary N) is 3. The summed E-state index contributed by atoms with van der Waals surface area (Å²) in [6, 6.07) is 6.80. The highest BCUT2D eigenvalue weighted by Gasteiger charge is 2.24. The summed E-state index contributed by atoms with van der Waals surface area (Å²) in [5.41, 5.74) is 3.68. The van der Waals surface area contributed by atoms with Crippen molar-refractivity contribution in [2.24, 2.45) is 0 Å². The predicted octanol–water partition coefficient (Wildman–Crippen LogP) is 2.32. The minimum absolute atomic E-state index is 0.175. The lowest BCUT2D eigenvalue weighted by Crippen LogP contribution is -2.31. The Labute approximate surface area is 150 Å². The van der Waals surface area contributed by atoms with E-state index in [2.05, 4.69) is 31.3 Å². The average Bonchev–Trinajstić information content (AvgIpc) is 3.04. The molecule has 1 aromatic carbocycles. The van der Waals surface area contributed by atoms with E-state index in [0.29, 0.717) is 5.76 Å². The van der Waals surface area contributed by atoms with E-state index in [9.17, 15) is 19.3 Å². The second-order valence-electron chi connectivity index (χ2n) is 5.18. The van der Waals surface area contributed by atoms with Crippen LogP contribution in [0.25, 0.3) is 0 Å². The molecule has 3 N–H and O–H groups in total. The first kappa shape index (κ1) is 17.7. The van der Waals surface area contributed by atoms with Gasteiger partial charge in [-0.05, 0) is 19.1 Å². The second kappa shape index (κ2) is 7.43. The van der Waals surface area contributed by atoms with Gasteiger partial charge in [-0.15, -0.1) is 0 Å². The molecule has 0 bridgehead atoms. The normalized spacial score (nSPS) is 10.3. The fourth-order valence-corrected chi connectivity index (χ4v) is 2.11. The Kier molecular flexibility index (Phi) is 4.88. The van der Waals surface area contributed by atoms with Crippen molar-refractivity contribution in [1.29, 1.82) is 0 Å². The van der Waals surface area contributed by atoms with E-state index < -0.39 is 22.3 Å². The van der Waals surface area contributed by atoms with Crippen molar-refractivity contribution in [1.82, 2.24) is 20.6 Å². The molecule has 27 heavy (non-hydrogen) atoms. The second-order valence-corrected chi connectivity index (χ2v) is 5.18. The number of benzene rings is 1. The summed E-state index contributed by atoms with van der Waals surface area (Å²) < 4.78 is 18.5. The summed E-state index contributed by atoms with van der Waals surface area (Å²) in [7, 11) is 0. The molecular formula is C15H12FN7O4. The Hall–Kier alpha value is -4.09. The molecule has 0 atom stereocenters. The lowest BCUT2D eigenvalue weighted by atomic mass is 10.2. The zero-order chi connectivity index (χ0) is 19.4. The third kappa shape index (κ3) is 3.95. The number of aryl methyl sites for hydroxylation is 1. The highest BCUT2D eigenvalue weighted by atomic mass is 19.1. The molecule has 0 radical (unpaired) electrons. The van der Waals surface area contributed by atoms with Crippen molar-refractivity contribution in [3.63, 3.8) is 0 Å². The topological polar surface area (TPSA) is 148 Å². The number of aromatic nitrogens is 3. The summed E-state index contributed by atoms with van der Waals surface area (Å²) in [6.07, 6.45) is 1.04. The van der Waals surface area contributed by atoms with Gasteiger partial charge < -0.3 is 9.84 Å². The number of carbonyl (C=O) groups is 1. The van der Waals surface area contributed by atoms with Crippen LogP contribution in [0.2, 0.25) is 0 Å². The van der Waals surface area contributed by atoms with Gasteiger partial charge in [-0.25, -0.2) is 14.4 Å². The number of halogens is 1. The van der Waals surface area contributed by atoms with E-state index in [1.54, 1.807) is 6.92 Å². The number of carbonyl (C=O) groups excluding carboxylic acids is 1. The number of anilines is 3. The summed E-state index contributed by atoms with van der Waals surface area (Å²) in [4.78, 5) is 30.3. The van der Waals surface area contributed by atoms with Crippen LogP contribution in [0.4, 0.5) is 27.5 Å².